The number of ether oxygens (including phenoxy) is 1. The lowest BCUT2D eigenvalue weighted by atomic mass is 10.4. The largest absolute Gasteiger partial charge is 0.381 e. The highest BCUT2D eigenvalue weighted by Crippen LogP contribution is 1.90. The van der Waals surface area contributed by atoms with Crippen molar-refractivity contribution in [1.82, 2.24) is 10.2 Å². The Hall–Kier alpha value is -0.610. The molecule has 0 aromatic carbocycles. The van der Waals surface area contributed by atoms with Crippen molar-refractivity contribution in [3.63, 3.8) is 0 Å². The Morgan fingerprint density at radius 1 is 1.36 bits per heavy atom. The van der Waals surface area contributed by atoms with Crippen LogP contribution in [0, 0.1) is 0 Å². The van der Waals surface area contributed by atoms with E-state index in [1.54, 1.807) is 11.8 Å². The number of hydrogen-bond acceptors (Lipinski definition) is 3. The van der Waals surface area contributed by atoms with Crippen LogP contribution in [0.25, 0.3) is 0 Å². The van der Waals surface area contributed by atoms with Gasteiger partial charge in [0.15, 0.2) is 0 Å². The molecule has 0 saturated carbocycles. The fourth-order valence-corrected chi connectivity index (χ4v) is 1.01. The van der Waals surface area contributed by atoms with E-state index in [0.29, 0.717) is 0 Å². The molecule has 0 aliphatic rings. The summed E-state index contributed by atoms with van der Waals surface area (Å²) in [4.78, 5) is 12.5. The predicted molar refractivity (Wildman–Crippen MR) is 57.3 cm³/mol. The topological polar surface area (TPSA) is 41.6 Å². The molecule has 0 fully saturated rings. The third-order valence-corrected chi connectivity index (χ3v) is 2.04. The third-order valence-electron chi connectivity index (χ3n) is 2.04. The number of carbonyl (C=O) groups excluding carboxylic acids is 1. The fourth-order valence-electron chi connectivity index (χ4n) is 1.01. The Labute approximate surface area is 86.6 Å². The van der Waals surface area contributed by atoms with Crippen LogP contribution < -0.4 is 5.32 Å². The summed E-state index contributed by atoms with van der Waals surface area (Å²) in [6.07, 6.45) is 1.95. The predicted octanol–water partition coefficient (Wildman–Crippen LogP) is 0.481. The number of nitrogens with zero attached hydrogens (tertiary/aromatic N) is 1. The van der Waals surface area contributed by atoms with E-state index >= 15 is 0 Å². The second-order valence-corrected chi connectivity index (χ2v) is 3.36. The van der Waals surface area contributed by atoms with Crippen LogP contribution in [0.4, 0.5) is 0 Å². The molecule has 0 saturated heterocycles. The third kappa shape index (κ3) is 8.01. The van der Waals surface area contributed by atoms with Crippen LogP contribution in [0.15, 0.2) is 0 Å². The Morgan fingerprint density at radius 3 is 2.57 bits per heavy atom. The van der Waals surface area contributed by atoms with E-state index in [1.165, 1.54) is 0 Å². The van der Waals surface area contributed by atoms with Gasteiger partial charge in [-0.1, -0.05) is 0 Å². The Morgan fingerprint density at radius 2 is 2.00 bits per heavy atom. The lowest BCUT2D eigenvalue weighted by molar-refractivity contribution is -0.127. The fraction of sp³-hybridized carbons (Fsp3) is 0.900. The molecule has 0 aromatic heterocycles. The van der Waals surface area contributed by atoms with Crippen LogP contribution in [0.2, 0.25) is 0 Å². The second kappa shape index (κ2) is 8.97. The maximum Gasteiger partial charge on any atom is 0.219 e. The zero-order chi connectivity index (χ0) is 10.8. The smallest absolute Gasteiger partial charge is 0.219 e. The summed E-state index contributed by atoms with van der Waals surface area (Å²) < 4.78 is 5.39. The number of rotatable bonds is 8. The molecular formula is C10H22N2O2. The first-order valence-electron chi connectivity index (χ1n) is 5.12. The van der Waals surface area contributed by atoms with Gasteiger partial charge in [0.05, 0.1) is 0 Å². The van der Waals surface area contributed by atoms with Crippen LogP contribution in [0.5, 0.6) is 0 Å². The molecule has 1 amide bonds. The average Bonchev–Trinajstić information content (AvgIpc) is 2.16. The molecule has 0 spiro atoms. The molecule has 0 radical (unpaired) electrons. The monoisotopic (exact) mass is 202 g/mol. The summed E-state index contributed by atoms with van der Waals surface area (Å²) >= 11 is 0. The first-order valence-corrected chi connectivity index (χ1v) is 5.12. The molecule has 84 valence electrons. The first-order chi connectivity index (χ1) is 6.68. The minimum absolute atomic E-state index is 0.111. The minimum atomic E-state index is 0.111. The van der Waals surface area contributed by atoms with E-state index in [2.05, 4.69) is 5.32 Å². The van der Waals surface area contributed by atoms with Crippen molar-refractivity contribution in [1.29, 1.82) is 0 Å². The van der Waals surface area contributed by atoms with Crippen molar-refractivity contribution >= 4 is 5.91 Å². The standard InChI is InChI=1S/C10H22N2O2/c1-10(13)12(3)7-5-9-14-8-4-6-11-2/h11H,4-9H2,1-3H3. The summed E-state index contributed by atoms with van der Waals surface area (Å²) in [5.74, 6) is 0.111. The number of amides is 1. The van der Waals surface area contributed by atoms with Crippen molar-refractivity contribution < 1.29 is 9.53 Å². The van der Waals surface area contributed by atoms with Crippen molar-refractivity contribution in [2.24, 2.45) is 0 Å². The molecule has 0 heterocycles. The Balaban J connectivity index is 3.09. The molecular weight excluding hydrogens is 180 g/mol. The molecule has 0 atom stereocenters. The van der Waals surface area contributed by atoms with Crippen molar-refractivity contribution in [3.05, 3.63) is 0 Å². The van der Waals surface area contributed by atoms with Crippen molar-refractivity contribution in [2.45, 2.75) is 19.8 Å². The SMILES string of the molecule is CNCCCOCCCN(C)C(C)=O. The highest BCUT2D eigenvalue weighted by Gasteiger charge is 2.00. The Kier molecular flexibility index (Phi) is 8.57. The van der Waals surface area contributed by atoms with Crippen LogP contribution in [0.3, 0.4) is 0 Å². The van der Waals surface area contributed by atoms with Gasteiger partial charge in [-0.15, -0.1) is 0 Å². The highest BCUT2D eigenvalue weighted by atomic mass is 16.5. The van der Waals surface area contributed by atoms with E-state index in [0.717, 1.165) is 39.1 Å². The van der Waals surface area contributed by atoms with Gasteiger partial charge in [0.2, 0.25) is 5.91 Å². The maximum atomic E-state index is 10.8. The van der Waals surface area contributed by atoms with Crippen LogP contribution in [-0.2, 0) is 9.53 Å². The van der Waals surface area contributed by atoms with Gasteiger partial charge in [0.1, 0.15) is 0 Å². The van der Waals surface area contributed by atoms with Gasteiger partial charge in [-0.05, 0) is 26.4 Å². The van der Waals surface area contributed by atoms with Gasteiger partial charge in [-0.25, -0.2) is 0 Å². The average molecular weight is 202 g/mol. The molecule has 4 nitrogen and oxygen atoms in total. The lowest BCUT2D eigenvalue weighted by Gasteiger charge is -2.14. The quantitative estimate of drug-likeness (QED) is 0.582. The summed E-state index contributed by atoms with van der Waals surface area (Å²) in [6.45, 7) is 4.88. The van der Waals surface area contributed by atoms with E-state index in [-0.39, 0.29) is 5.91 Å². The van der Waals surface area contributed by atoms with E-state index in [4.69, 9.17) is 4.74 Å². The maximum absolute atomic E-state index is 10.8. The summed E-state index contributed by atoms with van der Waals surface area (Å²) in [5.41, 5.74) is 0. The molecule has 0 aromatic rings. The van der Waals surface area contributed by atoms with Crippen LogP contribution in [-0.4, -0.2) is 51.2 Å². The molecule has 0 unspecified atom stereocenters. The summed E-state index contributed by atoms with van der Waals surface area (Å²) in [7, 11) is 3.74. The van der Waals surface area contributed by atoms with Gasteiger partial charge in [-0.2, -0.15) is 0 Å². The zero-order valence-electron chi connectivity index (χ0n) is 9.51. The number of carbonyl (C=O) groups is 1. The van der Waals surface area contributed by atoms with Gasteiger partial charge in [0, 0.05) is 33.7 Å². The molecule has 0 aliphatic heterocycles. The zero-order valence-corrected chi connectivity index (χ0v) is 9.51. The van der Waals surface area contributed by atoms with E-state index in [1.807, 2.05) is 14.1 Å². The normalized spacial score (nSPS) is 10.2. The molecule has 14 heavy (non-hydrogen) atoms. The van der Waals surface area contributed by atoms with Crippen molar-refractivity contribution in [2.75, 3.05) is 40.4 Å². The van der Waals surface area contributed by atoms with E-state index < -0.39 is 0 Å². The minimum Gasteiger partial charge on any atom is -0.381 e. The highest BCUT2D eigenvalue weighted by molar-refractivity contribution is 5.72. The van der Waals surface area contributed by atoms with Gasteiger partial charge in [0.25, 0.3) is 0 Å². The second-order valence-electron chi connectivity index (χ2n) is 3.36. The Bertz CT molecular complexity index is 151. The summed E-state index contributed by atoms with van der Waals surface area (Å²) in [5, 5.41) is 3.06. The molecule has 0 bridgehead atoms. The molecule has 4 heteroatoms. The van der Waals surface area contributed by atoms with Gasteiger partial charge in [-0.3, -0.25) is 4.79 Å². The molecule has 0 aliphatic carbocycles. The van der Waals surface area contributed by atoms with Crippen LogP contribution in [0.1, 0.15) is 19.8 Å². The van der Waals surface area contributed by atoms with Gasteiger partial charge < -0.3 is 15.0 Å². The first kappa shape index (κ1) is 13.4. The van der Waals surface area contributed by atoms with Gasteiger partial charge >= 0.3 is 0 Å². The summed E-state index contributed by atoms with van der Waals surface area (Å²) in [6, 6.07) is 0. The molecule has 0 rings (SSSR count). The number of hydrogen-bond donors (Lipinski definition) is 1. The van der Waals surface area contributed by atoms with Crippen molar-refractivity contribution in [3.8, 4) is 0 Å². The number of nitrogens with one attached hydrogen (secondary N) is 1. The molecule has 1 N–H and O–H groups in total. The van der Waals surface area contributed by atoms with E-state index in [9.17, 15) is 4.79 Å². The lowest BCUT2D eigenvalue weighted by Crippen LogP contribution is -2.25. The van der Waals surface area contributed by atoms with Crippen LogP contribution >= 0.6 is 0 Å².